The van der Waals surface area contributed by atoms with Crippen molar-refractivity contribution in [1.82, 2.24) is 0 Å². The number of rotatable bonds is 3. The van der Waals surface area contributed by atoms with E-state index in [1.807, 2.05) is 0 Å². The van der Waals surface area contributed by atoms with E-state index in [1.54, 1.807) is 54.6 Å². The minimum Gasteiger partial charge on any atom is -0.545 e. The molecule has 0 amide bonds. The summed E-state index contributed by atoms with van der Waals surface area (Å²) in [5, 5.41) is 30.3. The third kappa shape index (κ3) is 10.2. The molecule has 7 heteroatoms. The van der Waals surface area contributed by atoms with Crippen molar-refractivity contribution in [3.05, 3.63) is 108 Å². The Hall–Kier alpha value is -3.05. The average Bonchev–Trinajstić information content (AvgIpc) is 2.71. The molecule has 3 rings (SSSR count). The third-order valence-electron chi connectivity index (χ3n) is 3.03. The molecule has 0 aliphatic rings. The van der Waals surface area contributed by atoms with E-state index in [-0.39, 0.29) is 42.9 Å². The van der Waals surface area contributed by atoms with Gasteiger partial charge in [0.1, 0.15) is 0 Å². The molecule has 3 aromatic rings. The van der Waals surface area contributed by atoms with E-state index in [9.17, 15) is 29.7 Å². The van der Waals surface area contributed by atoms with E-state index in [2.05, 4.69) is 0 Å². The molecule has 1 radical (unpaired) electrons. The fourth-order valence-corrected chi connectivity index (χ4v) is 1.72. The summed E-state index contributed by atoms with van der Waals surface area (Å²) in [6.45, 7) is 0. The molecule has 3 aromatic carbocycles. The summed E-state index contributed by atoms with van der Waals surface area (Å²) in [7, 11) is 0. The second kappa shape index (κ2) is 14.1. The number of hydrogen-bond donors (Lipinski definition) is 0. The van der Waals surface area contributed by atoms with Gasteiger partial charge in [0, 0.05) is 0 Å². The largest absolute Gasteiger partial charge is 3.00 e. The average molecular weight is 455 g/mol. The Morgan fingerprint density at radius 3 is 0.714 bits per heavy atom. The van der Waals surface area contributed by atoms with E-state index in [1.165, 1.54) is 36.4 Å². The number of carboxylic acid groups (broad SMARTS) is 3. The molecule has 0 fully saturated rings. The molecule has 0 bridgehead atoms. The van der Waals surface area contributed by atoms with Crippen LogP contribution in [0, 0.1) is 0 Å². The van der Waals surface area contributed by atoms with Crippen LogP contribution in [0.15, 0.2) is 91.0 Å². The normalized spacial score (nSPS) is 8.57. The van der Waals surface area contributed by atoms with Crippen LogP contribution in [0.3, 0.4) is 0 Å². The Morgan fingerprint density at radius 2 is 0.607 bits per heavy atom. The Labute approximate surface area is 181 Å². The van der Waals surface area contributed by atoms with Crippen LogP contribution in [0.25, 0.3) is 0 Å². The molecule has 0 N–H and O–H groups in total. The third-order valence-corrected chi connectivity index (χ3v) is 3.03. The molecule has 0 saturated carbocycles. The molecule has 0 heterocycles. The van der Waals surface area contributed by atoms with Gasteiger partial charge in [0.25, 0.3) is 0 Å². The first-order valence-corrected chi connectivity index (χ1v) is 7.71. The summed E-state index contributed by atoms with van der Waals surface area (Å²) < 4.78 is 0. The minimum absolute atomic E-state index is 0. The van der Waals surface area contributed by atoms with Crippen LogP contribution < -0.4 is 15.3 Å². The van der Waals surface area contributed by atoms with Gasteiger partial charge in [0.05, 0.1) is 17.9 Å². The van der Waals surface area contributed by atoms with Crippen molar-refractivity contribution < 1.29 is 55.9 Å². The molecule has 0 unspecified atom stereocenters. The summed E-state index contributed by atoms with van der Waals surface area (Å²) in [5.41, 5.74) is 0.660. The zero-order valence-corrected chi connectivity index (χ0v) is 17.1. The number of aromatic carboxylic acids is 3. The number of benzene rings is 3. The number of hydrogen-bond acceptors (Lipinski definition) is 6. The van der Waals surface area contributed by atoms with E-state index >= 15 is 0 Å². The van der Waals surface area contributed by atoms with Crippen molar-refractivity contribution in [1.29, 1.82) is 0 Å². The van der Waals surface area contributed by atoms with E-state index in [0.717, 1.165) is 0 Å². The van der Waals surface area contributed by atoms with Crippen LogP contribution in [0.5, 0.6) is 0 Å². The monoisotopic (exact) mass is 453 g/mol. The first kappa shape index (κ1) is 25.0. The maximum atomic E-state index is 10.1. The van der Waals surface area contributed by atoms with Gasteiger partial charge in [0.15, 0.2) is 0 Å². The minimum atomic E-state index is -1.13. The molecule has 0 aliphatic heterocycles. The van der Waals surface area contributed by atoms with Gasteiger partial charge in [0.2, 0.25) is 0 Å². The number of carboxylic acids is 3. The summed E-state index contributed by atoms with van der Waals surface area (Å²) in [6, 6.07) is 24.2. The Morgan fingerprint density at radius 1 is 0.429 bits per heavy atom. The van der Waals surface area contributed by atoms with Gasteiger partial charge in [-0.1, -0.05) is 91.0 Å². The van der Waals surface area contributed by atoms with Crippen molar-refractivity contribution in [3.8, 4) is 0 Å². The van der Waals surface area contributed by atoms with Crippen molar-refractivity contribution in [2.75, 3.05) is 0 Å². The fraction of sp³-hybridized carbons (Fsp3) is 0. The van der Waals surface area contributed by atoms with Gasteiger partial charge in [-0.25, -0.2) is 0 Å². The predicted octanol–water partition coefficient (Wildman–Crippen LogP) is 0.148. The fourth-order valence-electron chi connectivity index (χ4n) is 1.72. The van der Waals surface area contributed by atoms with Crippen LogP contribution in [0.1, 0.15) is 31.1 Å². The van der Waals surface area contributed by atoms with Gasteiger partial charge in [-0.3, -0.25) is 0 Å². The van der Waals surface area contributed by atoms with E-state index in [0.29, 0.717) is 0 Å². The number of carbonyl (C=O) groups is 3. The molecular weight excluding hydrogens is 439 g/mol. The van der Waals surface area contributed by atoms with E-state index < -0.39 is 17.9 Å². The summed E-state index contributed by atoms with van der Waals surface area (Å²) in [5.74, 6) is -3.39. The first-order chi connectivity index (χ1) is 12.9. The van der Waals surface area contributed by atoms with Crippen LogP contribution in [-0.2, 0) is 26.2 Å². The Kier molecular flexibility index (Phi) is 12.5. The number of carbonyl (C=O) groups excluding carboxylic acids is 3. The van der Waals surface area contributed by atoms with Crippen molar-refractivity contribution in [2.45, 2.75) is 0 Å². The van der Waals surface area contributed by atoms with Gasteiger partial charge in [-0.15, -0.1) is 0 Å². The summed E-state index contributed by atoms with van der Waals surface area (Å²) >= 11 is 0. The van der Waals surface area contributed by atoms with Gasteiger partial charge in [-0.05, 0) is 16.7 Å². The van der Waals surface area contributed by atoms with Crippen LogP contribution in [0.2, 0.25) is 0 Å². The van der Waals surface area contributed by atoms with Gasteiger partial charge >= 0.3 is 26.2 Å². The molecule has 28 heavy (non-hydrogen) atoms. The van der Waals surface area contributed by atoms with Crippen molar-refractivity contribution >= 4 is 17.9 Å². The smallest absolute Gasteiger partial charge is 0.545 e. The zero-order valence-electron chi connectivity index (χ0n) is 14.6. The second-order valence-electron chi connectivity index (χ2n) is 4.96. The van der Waals surface area contributed by atoms with Crippen molar-refractivity contribution in [2.24, 2.45) is 0 Å². The Balaban J connectivity index is 0.000000384. The Bertz CT molecular complexity index is 734. The van der Waals surface area contributed by atoms with Crippen LogP contribution >= 0.6 is 0 Å². The predicted molar refractivity (Wildman–Crippen MR) is 92.3 cm³/mol. The van der Waals surface area contributed by atoms with E-state index in [4.69, 9.17) is 0 Å². The molecule has 0 spiro atoms. The standard InChI is InChI=1S/3C7H6O2.Zr/c3*8-7(9)6-4-2-1-3-5-6;/h3*1-5H,(H,8,9);/q;;;+3/p-3. The quantitative estimate of drug-likeness (QED) is 0.555. The van der Waals surface area contributed by atoms with Crippen LogP contribution in [-0.4, -0.2) is 17.9 Å². The molecule has 0 aliphatic carbocycles. The maximum absolute atomic E-state index is 10.1. The maximum Gasteiger partial charge on any atom is 3.00 e. The molecular formula is C21H15O6Zr. The topological polar surface area (TPSA) is 120 Å². The van der Waals surface area contributed by atoms with Gasteiger partial charge < -0.3 is 29.7 Å². The molecule has 0 saturated heterocycles. The SMILES string of the molecule is O=C([O-])c1ccccc1.O=C([O-])c1ccccc1.O=C([O-])c1ccccc1.[Zr+3]. The molecule has 0 atom stereocenters. The zero-order chi connectivity index (χ0) is 20.1. The molecule has 139 valence electrons. The summed E-state index contributed by atoms with van der Waals surface area (Å²) in [4.78, 5) is 30.3. The van der Waals surface area contributed by atoms with Crippen LogP contribution in [0.4, 0.5) is 0 Å². The van der Waals surface area contributed by atoms with Crippen molar-refractivity contribution in [3.63, 3.8) is 0 Å². The summed E-state index contributed by atoms with van der Waals surface area (Å²) in [6.07, 6.45) is 0. The first-order valence-electron chi connectivity index (χ1n) is 7.71. The molecule has 0 aromatic heterocycles. The second-order valence-corrected chi connectivity index (χ2v) is 4.96. The molecule has 6 nitrogen and oxygen atoms in total. The van der Waals surface area contributed by atoms with Gasteiger partial charge in [-0.2, -0.15) is 0 Å².